The van der Waals surface area contributed by atoms with Crippen LogP contribution in [0.2, 0.25) is 0 Å². The Bertz CT molecular complexity index is 776. The Kier molecular flexibility index (Phi) is 3.67. The maximum atomic E-state index is 13.6. The van der Waals surface area contributed by atoms with Crippen LogP contribution in [0.25, 0.3) is 0 Å². The molecular weight excluding hydrogens is 279 g/mol. The smallest absolute Gasteiger partial charge is 0.354 e. The lowest BCUT2D eigenvalue weighted by Crippen LogP contribution is -2.17. The normalized spacial score (nSPS) is 9.95. The molecule has 0 radical (unpaired) electrons. The Labute approximate surface area is 118 Å². The van der Waals surface area contributed by atoms with Crippen molar-refractivity contribution in [3.8, 4) is 6.07 Å². The molecule has 0 atom stereocenters. The van der Waals surface area contributed by atoms with Crippen LogP contribution in [0.4, 0.5) is 10.1 Å². The van der Waals surface area contributed by atoms with Crippen molar-refractivity contribution in [2.75, 3.05) is 5.32 Å². The van der Waals surface area contributed by atoms with E-state index in [-0.39, 0.29) is 28.2 Å². The number of carbonyl (C=O) groups excluding carboxylic acids is 1. The molecule has 8 heteroatoms. The van der Waals surface area contributed by atoms with Gasteiger partial charge in [0.25, 0.3) is 5.91 Å². The van der Waals surface area contributed by atoms with E-state index in [1.54, 1.807) is 6.07 Å². The molecule has 2 rings (SSSR count). The second-order valence-corrected chi connectivity index (χ2v) is 4.13. The van der Waals surface area contributed by atoms with E-state index in [2.05, 4.69) is 15.3 Å². The number of aromatic nitrogens is 2. The topological polar surface area (TPSA) is 119 Å². The summed E-state index contributed by atoms with van der Waals surface area (Å²) in [6.07, 6.45) is 1.07. The van der Waals surface area contributed by atoms with Gasteiger partial charge in [0.15, 0.2) is 11.4 Å². The van der Waals surface area contributed by atoms with Crippen molar-refractivity contribution in [2.24, 2.45) is 0 Å². The lowest BCUT2D eigenvalue weighted by Gasteiger charge is -2.09. The van der Waals surface area contributed by atoms with Crippen LogP contribution in [0, 0.1) is 24.1 Å². The number of hydrogen-bond acceptors (Lipinski definition) is 4. The number of nitriles is 1. The predicted molar refractivity (Wildman–Crippen MR) is 69.4 cm³/mol. The molecule has 0 aliphatic heterocycles. The highest BCUT2D eigenvalue weighted by Crippen LogP contribution is 2.21. The molecule has 3 N–H and O–H groups in total. The molecule has 1 aromatic heterocycles. The number of H-pyrrole nitrogens is 1. The monoisotopic (exact) mass is 288 g/mol. The third-order valence-electron chi connectivity index (χ3n) is 2.79. The minimum absolute atomic E-state index is 0.0360. The minimum Gasteiger partial charge on any atom is -0.477 e. The molecule has 2 aromatic rings. The molecule has 0 fully saturated rings. The summed E-state index contributed by atoms with van der Waals surface area (Å²) in [5.41, 5.74) is -0.453. The number of carbonyl (C=O) groups is 2. The number of nitrogens with one attached hydrogen (secondary N) is 2. The number of aromatic carboxylic acids is 1. The molecular formula is C13H9FN4O3. The molecule has 106 valence electrons. The van der Waals surface area contributed by atoms with Crippen molar-refractivity contribution >= 4 is 17.6 Å². The Morgan fingerprint density at radius 2 is 2.19 bits per heavy atom. The van der Waals surface area contributed by atoms with Gasteiger partial charge in [0.2, 0.25) is 0 Å². The van der Waals surface area contributed by atoms with Gasteiger partial charge in [-0.1, -0.05) is 0 Å². The Hall–Kier alpha value is -3.21. The zero-order valence-corrected chi connectivity index (χ0v) is 10.8. The minimum atomic E-state index is -1.34. The van der Waals surface area contributed by atoms with E-state index in [0.29, 0.717) is 0 Å². The van der Waals surface area contributed by atoms with E-state index in [0.717, 1.165) is 12.4 Å². The molecule has 0 saturated heterocycles. The van der Waals surface area contributed by atoms with Crippen LogP contribution in [-0.4, -0.2) is 27.0 Å². The van der Waals surface area contributed by atoms with Gasteiger partial charge in [-0.3, -0.25) is 4.79 Å². The number of nitrogens with zero attached hydrogens (tertiary/aromatic N) is 2. The van der Waals surface area contributed by atoms with Gasteiger partial charge in [-0.05, 0) is 19.1 Å². The molecule has 21 heavy (non-hydrogen) atoms. The van der Waals surface area contributed by atoms with E-state index >= 15 is 0 Å². The fourth-order valence-electron chi connectivity index (χ4n) is 1.68. The van der Waals surface area contributed by atoms with Gasteiger partial charge in [-0.15, -0.1) is 0 Å². The van der Waals surface area contributed by atoms with Crippen LogP contribution >= 0.6 is 0 Å². The van der Waals surface area contributed by atoms with Gasteiger partial charge < -0.3 is 15.4 Å². The molecule has 0 unspecified atom stereocenters. The highest BCUT2D eigenvalue weighted by molar-refractivity contribution is 6.08. The molecule has 0 saturated carbocycles. The van der Waals surface area contributed by atoms with Gasteiger partial charge in [0.05, 0.1) is 18.0 Å². The molecule has 1 aromatic carbocycles. The maximum absolute atomic E-state index is 13.6. The highest BCUT2D eigenvalue weighted by Gasteiger charge is 2.20. The molecule has 1 amide bonds. The summed E-state index contributed by atoms with van der Waals surface area (Å²) in [4.78, 5) is 28.9. The molecule has 1 heterocycles. The van der Waals surface area contributed by atoms with E-state index in [1.807, 2.05) is 0 Å². The number of benzene rings is 1. The lowest BCUT2D eigenvalue weighted by molar-refractivity contribution is 0.0686. The van der Waals surface area contributed by atoms with Crippen molar-refractivity contribution in [3.63, 3.8) is 0 Å². The molecule has 0 aliphatic rings. The number of hydrogen-bond donors (Lipinski definition) is 3. The van der Waals surface area contributed by atoms with Gasteiger partial charge in [-0.25, -0.2) is 14.2 Å². The summed E-state index contributed by atoms with van der Waals surface area (Å²) in [5.74, 6) is -2.80. The van der Waals surface area contributed by atoms with E-state index in [9.17, 15) is 14.0 Å². The average Bonchev–Trinajstić information content (AvgIpc) is 2.93. The van der Waals surface area contributed by atoms with E-state index in [1.165, 1.54) is 13.0 Å². The summed E-state index contributed by atoms with van der Waals surface area (Å²) in [7, 11) is 0. The van der Waals surface area contributed by atoms with Gasteiger partial charge in [0, 0.05) is 11.3 Å². The van der Waals surface area contributed by atoms with Crippen LogP contribution < -0.4 is 5.32 Å². The lowest BCUT2D eigenvalue weighted by atomic mass is 10.1. The van der Waals surface area contributed by atoms with Crippen LogP contribution in [-0.2, 0) is 0 Å². The quantitative estimate of drug-likeness (QED) is 0.793. The Balaban J connectivity index is 2.36. The van der Waals surface area contributed by atoms with Crippen molar-refractivity contribution in [2.45, 2.75) is 6.92 Å². The van der Waals surface area contributed by atoms with Crippen LogP contribution in [0.3, 0.4) is 0 Å². The van der Waals surface area contributed by atoms with Crippen molar-refractivity contribution in [1.29, 1.82) is 5.26 Å². The molecule has 0 spiro atoms. The van der Waals surface area contributed by atoms with Crippen molar-refractivity contribution < 1.29 is 19.1 Å². The molecule has 0 aliphatic carbocycles. The fraction of sp³-hybridized carbons (Fsp3) is 0.0769. The fourth-order valence-corrected chi connectivity index (χ4v) is 1.68. The number of carboxylic acid groups (broad SMARTS) is 1. The standard InChI is InChI=1S/C13H9FN4O3/c1-6-8(14)2-7(4-15)3-9(6)18-12(19)10-11(13(20)21)17-5-16-10/h2-3,5H,1H3,(H,16,17)(H,18,19)(H,20,21). The highest BCUT2D eigenvalue weighted by atomic mass is 19.1. The number of imidazole rings is 1. The number of amides is 1. The first-order valence-electron chi connectivity index (χ1n) is 5.72. The number of rotatable bonds is 3. The number of halogens is 1. The molecule has 0 bridgehead atoms. The van der Waals surface area contributed by atoms with Crippen LogP contribution in [0.1, 0.15) is 32.1 Å². The average molecular weight is 288 g/mol. The Morgan fingerprint density at radius 1 is 1.48 bits per heavy atom. The summed E-state index contributed by atoms with van der Waals surface area (Å²) in [5, 5.41) is 20.0. The Morgan fingerprint density at radius 3 is 2.81 bits per heavy atom. The largest absolute Gasteiger partial charge is 0.477 e. The maximum Gasteiger partial charge on any atom is 0.354 e. The summed E-state index contributed by atoms with van der Waals surface area (Å²) >= 11 is 0. The summed E-state index contributed by atoms with van der Waals surface area (Å²) in [6.45, 7) is 1.43. The number of carboxylic acids is 1. The first-order valence-corrected chi connectivity index (χ1v) is 5.72. The van der Waals surface area contributed by atoms with Crippen LogP contribution in [0.5, 0.6) is 0 Å². The van der Waals surface area contributed by atoms with Crippen molar-refractivity contribution in [3.05, 3.63) is 46.8 Å². The summed E-state index contributed by atoms with van der Waals surface area (Å²) < 4.78 is 13.6. The van der Waals surface area contributed by atoms with Gasteiger partial charge in [0.1, 0.15) is 5.82 Å². The number of anilines is 1. The third-order valence-corrected chi connectivity index (χ3v) is 2.79. The number of aromatic amines is 1. The van der Waals surface area contributed by atoms with E-state index in [4.69, 9.17) is 10.4 Å². The van der Waals surface area contributed by atoms with Gasteiger partial charge >= 0.3 is 5.97 Å². The zero-order chi connectivity index (χ0) is 15.6. The van der Waals surface area contributed by atoms with Gasteiger partial charge in [-0.2, -0.15) is 5.26 Å². The second kappa shape index (κ2) is 5.42. The summed E-state index contributed by atoms with van der Waals surface area (Å²) in [6, 6.07) is 4.10. The molecule has 7 nitrogen and oxygen atoms in total. The second-order valence-electron chi connectivity index (χ2n) is 4.13. The SMILES string of the molecule is Cc1c(F)cc(C#N)cc1NC(=O)c1nc[nH]c1C(=O)O. The predicted octanol–water partition coefficient (Wildman–Crippen LogP) is 1.68. The third kappa shape index (κ3) is 2.71. The van der Waals surface area contributed by atoms with Crippen LogP contribution in [0.15, 0.2) is 18.5 Å². The first-order chi connectivity index (χ1) is 9.93. The van der Waals surface area contributed by atoms with Crippen molar-refractivity contribution in [1.82, 2.24) is 9.97 Å². The van der Waals surface area contributed by atoms with E-state index < -0.39 is 17.7 Å². The first kappa shape index (κ1) is 14.2. The zero-order valence-electron chi connectivity index (χ0n) is 10.8.